The lowest BCUT2D eigenvalue weighted by atomic mass is 9.78. The maximum Gasteiger partial charge on any atom is 0.120 e. The first-order valence-corrected chi connectivity index (χ1v) is 5.91. The standard InChI is InChI=1S/C11H12BrN3/c12-11(8-13)4-2-1-3-9(11)10-7-14-5-6-15-10/h5-7,9H,1-4H2. The van der Waals surface area contributed by atoms with Crippen molar-refractivity contribution in [2.45, 2.75) is 35.9 Å². The van der Waals surface area contributed by atoms with Gasteiger partial charge in [-0.15, -0.1) is 0 Å². The van der Waals surface area contributed by atoms with E-state index in [1.807, 2.05) is 0 Å². The summed E-state index contributed by atoms with van der Waals surface area (Å²) >= 11 is 3.57. The molecule has 1 fully saturated rings. The topological polar surface area (TPSA) is 49.6 Å². The van der Waals surface area contributed by atoms with Crippen LogP contribution in [0.4, 0.5) is 0 Å². The van der Waals surface area contributed by atoms with Crippen LogP contribution in [0, 0.1) is 11.3 Å². The Hall–Kier alpha value is -0.950. The number of nitrogens with zero attached hydrogens (tertiary/aromatic N) is 3. The summed E-state index contributed by atoms with van der Waals surface area (Å²) in [4.78, 5) is 8.37. The number of aromatic nitrogens is 2. The zero-order chi connectivity index (χ0) is 10.7. The van der Waals surface area contributed by atoms with Crippen LogP contribution in [0.1, 0.15) is 37.3 Å². The third-order valence-electron chi connectivity index (χ3n) is 2.96. The molecule has 15 heavy (non-hydrogen) atoms. The van der Waals surface area contributed by atoms with E-state index in [4.69, 9.17) is 0 Å². The molecule has 0 amide bonds. The van der Waals surface area contributed by atoms with E-state index in [-0.39, 0.29) is 5.92 Å². The Kier molecular flexibility index (Phi) is 3.01. The molecule has 3 nitrogen and oxygen atoms in total. The molecule has 4 heteroatoms. The Balaban J connectivity index is 2.31. The average molecular weight is 266 g/mol. The third kappa shape index (κ3) is 2.03. The molecule has 1 heterocycles. The monoisotopic (exact) mass is 265 g/mol. The molecule has 2 rings (SSSR count). The van der Waals surface area contributed by atoms with E-state index in [1.165, 1.54) is 0 Å². The summed E-state index contributed by atoms with van der Waals surface area (Å²) < 4.78 is -0.443. The molecule has 1 aliphatic rings. The third-order valence-corrected chi connectivity index (χ3v) is 4.09. The molecule has 0 aliphatic heterocycles. The highest BCUT2D eigenvalue weighted by atomic mass is 79.9. The van der Waals surface area contributed by atoms with E-state index < -0.39 is 4.32 Å². The second kappa shape index (κ2) is 4.28. The Morgan fingerprint density at radius 3 is 3.00 bits per heavy atom. The predicted octanol–water partition coefficient (Wildman–Crippen LogP) is 2.79. The lowest BCUT2D eigenvalue weighted by molar-refractivity contribution is 0.400. The van der Waals surface area contributed by atoms with E-state index in [2.05, 4.69) is 32.0 Å². The fourth-order valence-electron chi connectivity index (χ4n) is 2.14. The number of alkyl halides is 1. The van der Waals surface area contributed by atoms with Gasteiger partial charge < -0.3 is 0 Å². The van der Waals surface area contributed by atoms with Crippen LogP contribution in [0.5, 0.6) is 0 Å². The van der Waals surface area contributed by atoms with Crippen molar-refractivity contribution in [3.63, 3.8) is 0 Å². The Morgan fingerprint density at radius 1 is 1.47 bits per heavy atom. The van der Waals surface area contributed by atoms with Gasteiger partial charge in [-0.05, 0) is 12.8 Å². The summed E-state index contributed by atoms with van der Waals surface area (Å²) in [5.41, 5.74) is 0.927. The van der Waals surface area contributed by atoms with E-state index in [1.54, 1.807) is 18.6 Å². The van der Waals surface area contributed by atoms with Crippen LogP contribution in [0.2, 0.25) is 0 Å². The van der Waals surface area contributed by atoms with Gasteiger partial charge in [-0.3, -0.25) is 9.97 Å². The highest BCUT2D eigenvalue weighted by Gasteiger charge is 2.40. The van der Waals surface area contributed by atoms with Crippen molar-refractivity contribution in [3.05, 3.63) is 24.3 Å². The normalized spacial score (nSPS) is 30.8. The molecule has 1 saturated carbocycles. The maximum atomic E-state index is 9.24. The summed E-state index contributed by atoms with van der Waals surface area (Å²) in [6.45, 7) is 0. The molecule has 0 N–H and O–H groups in total. The molecule has 0 bridgehead atoms. The van der Waals surface area contributed by atoms with Crippen molar-refractivity contribution in [2.75, 3.05) is 0 Å². The van der Waals surface area contributed by atoms with Gasteiger partial charge in [0, 0.05) is 24.5 Å². The van der Waals surface area contributed by atoms with Gasteiger partial charge in [0.1, 0.15) is 4.32 Å². The molecular formula is C11H12BrN3. The van der Waals surface area contributed by atoms with Crippen molar-refractivity contribution in [1.82, 2.24) is 9.97 Å². The Bertz CT molecular complexity index is 373. The quantitative estimate of drug-likeness (QED) is 0.734. The number of rotatable bonds is 1. The predicted molar refractivity (Wildman–Crippen MR) is 60.5 cm³/mol. The van der Waals surface area contributed by atoms with Crippen molar-refractivity contribution < 1.29 is 0 Å². The molecule has 78 valence electrons. The van der Waals surface area contributed by atoms with Crippen molar-refractivity contribution in [2.24, 2.45) is 0 Å². The molecule has 0 aromatic carbocycles. The van der Waals surface area contributed by atoms with Crippen LogP contribution in [-0.2, 0) is 0 Å². The number of hydrogen-bond acceptors (Lipinski definition) is 3. The molecule has 0 saturated heterocycles. The Morgan fingerprint density at radius 2 is 2.33 bits per heavy atom. The van der Waals surface area contributed by atoms with Crippen LogP contribution in [-0.4, -0.2) is 14.3 Å². The molecular weight excluding hydrogens is 254 g/mol. The van der Waals surface area contributed by atoms with E-state index in [0.717, 1.165) is 31.4 Å². The number of halogens is 1. The fraction of sp³-hybridized carbons (Fsp3) is 0.545. The molecule has 2 unspecified atom stereocenters. The fourth-order valence-corrected chi connectivity index (χ4v) is 2.88. The molecule has 2 atom stereocenters. The highest BCUT2D eigenvalue weighted by Crippen LogP contribution is 2.45. The lowest BCUT2D eigenvalue weighted by Gasteiger charge is -2.33. The highest BCUT2D eigenvalue weighted by molar-refractivity contribution is 9.10. The van der Waals surface area contributed by atoms with E-state index >= 15 is 0 Å². The largest absolute Gasteiger partial charge is 0.261 e. The van der Waals surface area contributed by atoms with Gasteiger partial charge in [0.2, 0.25) is 0 Å². The van der Waals surface area contributed by atoms with Gasteiger partial charge in [0.05, 0.1) is 11.8 Å². The number of nitriles is 1. The van der Waals surface area contributed by atoms with Gasteiger partial charge >= 0.3 is 0 Å². The summed E-state index contributed by atoms with van der Waals surface area (Å²) in [6, 6.07) is 2.38. The Labute approximate surface area is 97.7 Å². The summed E-state index contributed by atoms with van der Waals surface area (Å²) in [5, 5.41) is 9.24. The first-order chi connectivity index (χ1) is 7.26. The van der Waals surface area contributed by atoms with Crippen molar-refractivity contribution >= 4 is 15.9 Å². The maximum absolute atomic E-state index is 9.24. The van der Waals surface area contributed by atoms with Crippen LogP contribution in [0.25, 0.3) is 0 Å². The first kappa shape index (κ1) is 10.6. The lowest BCUT2D eigenvalue weighted by Crippen LogP contribution is -2.32. The minimum atomic E-state index is -0.443. The van der Waals surface area contributed by atoms with Gasteiger partial charge in [0.25, 0.3) is 0 Å². The number of hydrogen-bond donors (Lipinski definition) is 0. The smallest absolute Gasteiger partial charge is 0.120 e. The summed E-state index contributed by atoms with van der Waals surface area (Å²) in [5.74, 6) is 0.171. The molecule has 1 aromatic rings. The zero-order valence-corrected chi connectivity index (χ0v) is 9.94. The van der Waals surface area contributed by atoms with Gasteiger partial charge in [0.15, 0.2) is 0 Å². The van der Waals surface area contributed by atoms with Gasteiger partial charge in [-0.1, -0.05) is 28.8 Å². The summed E-state index contributed by atoms with van der Waals surface area (Å²) in [7, 11) is 0. The average Bonchev–Trinajstić information content (AvgIpc) is 2.31. The van der Waals surface area contributed by atoms with Crippen LogP contribution < -0.4 is 0 Å². The SMILES string of the molecule is N#CC1(Br)CCCCC1c1cnccn1. The van der Waals surface area contributed by atoms with Crippen LogP contribution in [0.15, 0.2) is 18.6 Å². The minimum Gasteiger partial charge on any atom is -0.261 e. The molecule has 0 radical (unpaired) electrons. The van der Waals surface area contributed by atoms with E-state index in [0.29, 0.717) is 0 Å². The van der Waals surface area contributed by atoms with Gasteiger partial charge in [-0.25, -0.2) is 0 Å². The van der Waals surface area contributed by atoms with Crippen LogP contribution >= 0.6 is 15.9 Å². The molecule has 1 aliphatic carbocycles. The molecule has 1 aromatic heterocycles. The van der Waals surface area contributed by atoms with Crippen molar-refractivity contribution in [3.8, 4) is 6.07 Å². The minimum absolute atomic E-state index is 0.171. The zero-order valence-electron chi connectivity index (χ0n) is 8.36. The first-order valence-electron chi connectivity index (χ1n) is 5.12. The second-order valence-electron chi connectivity index (χ2n) is 3.90. The van der Waals surface area contributed by atoms with E-state index in [9.17, 15) is 5.26 Å². The van der Waals surface area contributed by atoms with Crippen LogP contribution in [0.3, 0.4) is 0 Å². The molecule has 0 spiro atoms. The summed E-state index contributed by atoms with van der Waals surface area (Å²) in [6.07, 6.45) is 9.29. The van der Waals surface area contributed by atoms with Crippen molar-refractivity contribution in [1.29, 1.82) is 5.26 Å². The van der Waals surface area contributed by atoms with Gasteiger partial charge in [-0.2, -0.15) is 5.26 Å². The second-order valence-corrected chi connectivity index (χ2v) is 5.32.